The number of hydrogen-bond donors (Lipinski definition) is 0. The van der Waals surface area contributed by atoms with Gasteiger partial charge in [-0.15, -0.1) is 11.8 Å². The Morgan fingerprint density at radius 1 is 1.47 bits per heavy atom. The van der Waals surface area contributed by atoms with E-state index in [0.717, 1.165) is 10.5 Å². The Balaban J connectivity index is 3.05. The molecule has 0 aliphatic heterocycles. The normalized spacial score (nSPS) is 12.6. The first-order chi connectivity index (χ1) is 7.95. The molecule has 1 aromatic carbocycles. The molecule has 0 saturated heterocycles. The van der Waals surface area contributed by atoms with Crippen LogP contribution in [0.5, 0.6) is 5.75 Å². The molecular formula is C11H11BrF2O2S. The summed E-state index contributed by atoms with van der Waals surface area (Å²) in [7, 11) is 0. The minimum atomic E-state index is -2.84. The van der Waals surface area contributed by atoms with Crippen molar-refractivity contribution < 1.29 is 18.3 Å². The van der Waals surface area contributed by atoms with Crippen molar-refractivity contribution in [3.8, 4) is 5.75 Å². The van der Waals surface area contributed by atoms with E-state index in [1.165, 1.54) is 30.8 Å². The fourth-order valence-electron chi connectivity index (χ4n) is 1.30. The number of alkyl halides is 3. The number of benzene rings is 1. The quantitative estimate of drug-likeness (QED) is 0.604. The molecule has 0 bridgehead atoms. The maximum atomic E-state index is 12.1. The summed E-state index contributed by atoms with van der Waals surface area (Å²) in [6, 6.07) is 4.55. The Morgan fingerprint density at radius 3 is 2.59 bits per heavy atom. The molecular weight excluding hydrogens is 314 g/mol. The number of ether oxygens (including phenoxy) is 1. The van der Waals surface area contributed by atoms with Crippen molar-refractivity contribution in [1.29, 1.82) is 0 Å². The summed E-state index contributed by atoms with van der Waals surface area (Å²) in [6.07, 6.45) is 1.81. The standard InChI is InChI=1S/C11H11BrF2O2S/c1-6(15)10(12)8-4-3-7(16-11(13)14)5-9(8)17-2/h3-5,10-11H,1-2H3. The Hall–Kier alpha value is -0.620. The summed E-state index contributed by atoms with van der Waals surface area (Å²) in [4.78, 5) is 11.6. The molecule has 0 aromatic heterocycles. The zero-order valence-electron chi connectivity index (χ0n) is 9.25. The van der Waals surface area contributed by atoms with E-state index in [4.69, 9.17) is 0 Å². The number of carbonyl (C=O) groups excluding carboxylic acids is 1. The average Bonchev–Trinajstić information content (AvgIpc) is 2.27. The molecule has 94 valence electrons. The Kier molecular flexibility index (Phi) is 5.39. The number of thioether (sulfide) groups is 1. The topological polar surface area (TPSA) is 26.3 Å². The van der Waals surface area contributed by atoms with Crippen LogP contribution in [0.25, 0.3) is 0 Å². The largest absolute Gasteiger partial charge is 0.435 e. The Labute approximate surface area is 111 Å². The van der Waals surface area contributed by atoms with Crippen molar-refractivity contribution >= 4 is 33.5 Å². The van der Waals surface area contributed by atoms with Crippen molar-refractivity contribution in [2.75, 3.05) is 6.26 Å². The fourth-order valence-corrected chi connectivity index (χ4v) is 2.50. The molecule has 2 nitrogen and oxygen atoms in total. The molecule has 0 radical (unpaired) electrons. The molecule has 17 heavy (non-hydrogen) atoms. The maximum absolute atomic E-state index is 12.1. The lowest BCUT2D eigenvalue weighted by Gasteiger charge is -2.13. The second kappa shape index (κ2) is 6.35. The number of hydrogen-bond acceptors (Lipinski definition) is 3. The lowest BCUT2D eigenvalue weighted by atomic mass is 10.1. The van der Waals surface area contributed by atoms with Gasteiger partial charge in [-0.25, -0.2) is 0 Å². The predicted molar refractivity (Wildman–Crippen MR) is 67.2 cm³/mol. The zero-order chi connectivity index (χ0) is 13.0. The van der Waals surface area contributed by atoms with E-state index in [-0.39, 0.29) is 11.5 Å². The van der Waals surface area contributed by atoms with Crippen LogP contribution in [0.3, 0.4) is 0 Å². The molecule has 0 amide bonds. The van der Waals surface area contributed by atoms with Gasteiger partial charge in [-0.2, -0.15) is 8.78 Å². The predicted octanol–water partition coefficient (Wildman–Crippen LogP) is 4.03. The molecule has 1 atom stereocenters. The molecule has 0 spiro atoms. The van der Waals surface area contributed by atoms with Crippen LogP contribution in [-0.2, 0) is 4.79 Å². The third-order valence-corrected chi connectivity index (χ3v) is 3.99. The lowest BCUT2D eigenvalue weighted by molar-refractivity contribution is -0.116. The molecule has 0 fully saturated rings. The molecule has 6 heteroatoms. The van der Waals surface area contributed by atoms with Gasteiger partial charge in [0.1, 0.15) is 11.5 Å². The summed E-state index contributed by atoms with van der Waals surface area (Å²) in [5.41, 5.74) is 0.756. The van der Waals surface area contributed by atoms with Gasteiger partial charge in [0.2, 0.25) is 0 Å². The molecule has 0 N–H and O–H groups in total. The first kappa shape index (κ1) is 14.4. The van der Waals surface area contributed by atoms with Crippen LogP contribution in [0.2, 0.25) is 0 Å². The van der Waals surface area contributed by atoms with Crippen LogP contribution in [0, 0.1) is 0 Å². The first-order valence-electron chi connectivity index (χ1n) is 4.73. The van der Waals surface area contributed by atoms with Crippen molar-refractivity contribution in [3.05, 3.63) is 23.8 Å². The highest BCUT2D eigenvalue weighted by Gasteiger charge is 2.17. The summed E-state index contributed by atoms with van der Waals surface area (Å²) in [5, 5.41) is 0. The monoisotopic (exact) mass is 324 g/mol. The SMILES string of the molecule is CSc1cc(OC(F)F)ccc1C(Br)C(C)=O. The van der Waals surface area contributed by atoms with Crippen LogP contribution in [0.15, 0.2) is 23.1 Å². The molecule has 0 aliphatic rings. The van der Waals surface area contributed by atoms with Crippen molar-refractivity contribution in [3.63, 3.8) is 0 Å². The summed E-state index contributed by atoms with van der Waals surface area (Å²) in [6.45, 7) is -1.38. The molecule has 1 aromatic rings. The van der Waals surface area contributed by atoms with Gasteiger partial charge < -0.3 is 4.74 Å². The second-order valence-electron chi connectivity index (χ2n) is 3.26. The van der Waals surface area contributed by atoms with Crippen molar-refractivity contribution in [2.24, 2.45) is 0 Å². The van der Waals surface area contributed by atoms with Crippen LogP contribution in [0.4, 0.5) is 8.78 Å². The molecule has 0 heterocycles. The van der Waals surface area contributed by atoms with Crippen LogP contribution < -0.4 is 4.74 Å². The maximum Gasteiger partial charge on any atom is 0.387 e. The van der Waals surface area contributed by atoms with E-state index < -0.39 is 11.4 Å². The van der Waals surface area contributed by atoms with Gasteiger partial charge in [-0.05, 0) is 30.9 Å². The smallest absolute Gasteiger partial charge is 0.387 e. The third-order valence-electron chi connectivity index (χ3n) is 2.06. The number of rotatable bonds is 5. The van der Waals surface area contributed by atoms with Crippen LogP contribution in [-0.4, -0.2) is 18.7 Å². The zero-order valence-corrected chi connectivity index (χ0v) is 11.6. The first-order valence-corrected chi connectivity index (χ1v) is 6.87. The minimum Gasteiger partial charge on any atom is -0.435 e. The van der Waals surface area contributed by atoms with Gasteiger partial charge in [-0.3, -0.25) is 4.79 Å². The molecule has 1 unspecified atom stereocenters. The summed E-state index contributed by atoms with van der Waals surface area (Å²) >= 11 is 4.64. The molecule has 1 rings (SSSR count). The van der Waals surface area contributed by atoms with E-state index in [1.807, 2.05) is 6.26 Å². The summed E-state index contributed by atoms with van der Waals surface area (Å²) < 4.78 is 28.4. The third kappa shape index (κ3) is 3.96. The van der Waals surface area contributed by atoms with Gasteiger partial charge in [0.25, 0.3) is 0 Å². The van der Waals surface area contributed by atoms with Crippen LogP contribution >= 0.6 is 27.7 Å². The van der Waals surface area contributed by atoms with Gasteiger partial charge in [0.05, 0.1) is 4.83 Å². The molecule has 0 saturated carbocycles. The Morgan fingerprint density at radius 2 is 2.12 bits per heavy atom. The summed E-state index contributed by atoms with van der Waals surface area (Å²) in [5.74, 6) is 0.0548. The van der Waals surface area contributed by atoms with E-state index in [2.05, 4.69) is 20.7 Å². The number of halogens is 3. The Bertz CT molecular complexity index is 412. The second-order valence-corrected chi connectivity index (χ2v) is 5.02. The average molecular weight is 325 g/mol. The minimum absolute atomic E-state index is 0.0390. The number of Topliss-reactive ketones (excluding diaryl/α,β-unsaturated/α-hetero) is 1. The highest BCUT2D eigenvalue weighted by atomic mass is 79.9. The number of ketones is 1. The fraction of sp³-hybridized carbons (Fsp3) is 0.364. The van der Waals surface area contributed by atoms with E-state index in [0.29, 0.717) is 0 Å². The van der Waals surface area contributed by atoms with Crippen molar-refractivity contribution in [1.82, 2.24) is 0 Å². The van der Waals surface area contributed by atoms with Gasteiger partial charge >= 0.3 is 6.61 Å². The van der Waals surface area contributed by atoms with Crippen molar-refractivity contribution in [2.45, 2.75) is 23.3 Å². The van der Waals surface area contributed by atoms with E-state index in [1.54, 1.807) is 6.07 Å². The van der Waals surface area contributed by atoms with Gasteiger partial charge in [0, 0.05) is 4.90 Å². The lowest BCUT2D eigenvalue weighted by Crippen LogP contribution is -2.05. The van der Waals surface area contributed by atoms with Gasteiger partial charge in [0.15, 0.2) is 0 Å². The number of carbonyl (C=O) groups is 1. The highest BCUT2D eigenvalue weighted by Crippen LogP contribution is 2.34. The highest BCUT2D eigenvalue weighted by molar-refractivity contribution is 9.09. The van der Waals surface area contributed by atoms with Crippen LogP contribution in [0.1, 0.15) is 17.3 Å². The van der Waals surface area contributed by atoms with E-state index >= 15 is 0 Å². The molecule has 0 aliphatic carbocycles. The van der Waals surface area contributed by atoms with Gasteiger partial charge in [-0.1, -0.05) is 22.0 Å². The van der Waals surface area contributed by atoms with E-state index in [9.17, 15) is 13.6 Å².